The van der Waals surface area contributed by atoms with Crippen molar-refractivity contribution in [2.24, 2.45) is 0 Å². The van der Waals surface area contributed by atoms with Gasteiger partial charge in [-0.3, -0.25) is 4.79 Å². The molecule has 0 fully saturated rings. The fourth-order valence-electron chi connectivity index (χ4n) is 2.59. The number of amides is 1. The first kappa shape index (κ1) is 13.4. The fourth-order valence-corrected chi connectivity index (χ4v) is 2.78. The minimum Gasteiger partial charge on any atom is -0.312 e. The van der Waals surface area contributed by atoms with Crippen LogP contribution < -0.4 is 4.90 Å². The molecule has 1 heterocycles. The van der Waals surface area contributed by atoms with Crippen LogP contribution in [0.3, 0.4) is 0 Å². The topological polar surface area (TPSA) is 20.3 Å². The Hall–Kier alpha value is -1.02. The first-order chi connectivity index (χ1) is 8.56. The summed E-state index contributed by atoms with van der Waals surface area (Å²) in [6.45, 7) is 5.05. The number of fused-ring (bicyclic) bond motifs is 1. The van der Waals surface area contributed by atoms with Crippen LogP contribution in [0.15, 0.2) is 24.3 Å². The summed E-state index contributed by atoms with van der Waals surface area (Å²) in [5, 5.41) is 0. The third-order valence-electron chi connectivity index (χ3n) is 3.58. The monoisotopic (exact) mass is 265 g/mol. The lowest BCUT2D eigenvalue weighted by Gasteiger charge is -2.38. The van der Waals surface area contributed by atoms with Crippen LogP contribution in [-0.4, -0.2) is 18.3 Å². The Kier molecular flexibility index (Phi) is 3.96. The van der Waals surface area contributed by atoms with Crippen molar-refractivity contribution in [3.8, 4) is 0 Å². The molecule has 1 aliphatic rings. The minimum absolute atomic E-state index is 0.0589. The van der Waals surface area contributed by atoms with Crippen molar-refractivity contribution in [3.63, 3.8) is 0 Å². The van der Waals surface area contributed by atoms with Gasteiger partial charge in [0.05, 0.1) is 0 Å². The van der Waals surface area contributed by atoms with Gasteiger partial charge >= 0.3 is 0 Å². The predicted molar refractivity (Wildman–Crippen MR) is 76.4 cm³/mol. The maximum absolute atomic E-state index is 12.3. The minimum atomic E-state index is -0.0589. The number of hydrogen-bond acceptors (Lipinski definition) is 1. The molecule has 1 aromatic rings. The van der Waals surface area contributed by atoms with E-state index in [9.17, 15) is 4.79 Å². The highest BCUT2D eigenvalue weighted by atomic mass is 35.5. The van der Waals surface area contributed by atoms with E-state index in [4.69, 9.17) is 11.6 Å². The molecule has 0 saturated heterocycles. The summed E-state index contributed by atoms with van der Waals surface area (Å²) in [5.74, 6) is 0.892. The van der Waals surface area contributed by atoms with E-state index >= 15 is 0 Å². The number of carbonyl (C=O) groups is 1. The second kappa shape index (κ2) is 5.31. The van der Waals surface area contributed by atoms with Gasteiger partial charge in [-0.2, -0.15) is 0 Å². The van der Waals surface area contributed by atoms with E-state index in [1.54, 1.807) is 0 Å². The summed E-state index contributed by atoms with van der Waals surface area (Å²) in [7, 11) is 0. The summed E-state index contributed by atoms with van der Waals surface area (Å²) >= 11 is 5.70. The van der Waals surface area contributed by atoms with Gasteiger partial charge in [0, 0.05) is 29.9 Å². The number of carbonyl (C=O) groups excluding carboxylic acids is 1. The number of unbranched alkanes of at least 4 members (excludes halogenated alkanes) is 1. The van der Waals surface area contributed by atoms with Crippen molar-refractivity contribution in [3.05, 3.63) is 29.8 Å². The Labute approximate surface area is 114 Å². The molecule has 0 aliphatic carbocycles. The van der Waals surface area contributed by atoms with E-state index in [2.05, 4.69) is 26.0 Å². The Morgan fingerprint density at radius 2 is 2.00 bits per heavy atom. The highest BCUT2D eigenvalue weighted by Crippen LogP contribution is 2.39. The zero-order valence-corrected chi connectivity index (χ0v) is 11.8. The first-order valence-electron chi connectivity index (χ1n) is 6.52. The fraction of sp³-hybridized carbons (Fsp3) is 0.533. The molecule has 0 aromatic heterocycles. The number of halogens is 1. The molecule has 1 amide bonds. The second-order valence-corrected chi connectivity index (χ2v) is 5.90. The number of rotatable bonds is 4. The van der Waals surface area contributed by atoms with Gasteiger partial charge in [-0.15, -0.1) is 11.6 Å². The number of anilines is 1. The molecule has 0 radical (unpaired) electrons. The van der Waals surface area contributed by atoms with Crippen LogP contribution in [0.25, 0.3) is 0 Å². The SMILES string of the molecule is CC1(C)CC(=O)N(CCCCCl)c2ccccc21. The molecule has 18 heavy (non-hydrogen) atoms. The normalized spacial score (nSPS) is 17.7. The molecule has 2 nitrogen and oxygen atoms in total. The molecular formula is C15H20ClNO. The van der Waals surface area contributed by atoms with Crippen LogP contribution in [0.4, 0.5) is 5.69 Å². The lowest BCUT2D eigenvalue weighted by Crippen LogP contribution is -2.42. The molecule has 0 unspecified atom stereocenters. The summed E-state index contributed by atoms with van der Waals surface area (Å²) in [6, 6.07) is 8.24. The summed E-state index contributed by atoms with van der Waals surface area (Å²) in [6.07, 6.45) is 2.51. The van der Waals surface area contributed by atoms with Gasteiger partial charge < -0.3 is 4.90 Å². The molecule has 2 rings (SSSR count). The van der Waals surface area contributed by atoms with E-state index in [-0.39, 0.29) is 11.3 Å². The van der Waals surface area contributed by atoms with E-state index in [1.165, 1.54) is 5.56 Å². The predicted octanol–water partition coefficient (Wildman–Crippen LogP) is 3.72. The zero-order valence-electron chi connectivity index (χ0n) is 11.1. The van der Waals surface area contributed by atoms with Crippen molar-refractivity contribution >= 4 is 23.2 Å². The maximum atomic E-state index is 12.3. The highest BCUT2D eigenvalue weighted by molar-refractivity contribution is 6.17. The lowest BCUT2D eigenvalue weighted by atomic mass is 9.77. The van der Waals surface area contributed by atoms with Gasteiger partial charge in [0.2, 0.25) is 5.91 Å². The highest BCUT2D eigenvalue weighted by Gasteiger charge is 2.35. The third-order valence-corrected chi connectivity index (χ3v) is 3.85. The molecule has 0 N–H and O–H groups in total. The summed E-state index contributed by atoms with van der Waals surface area (Å²) in [5.41, 5.74) is 2.29. The van der Waals surface area contributed by atoms with Gasteiger partial charge in [-0.1, -0.05) is 32.0 Å². The lowest BCUT2D eigenvalue weighted by molar-refractivity contribution is -0.120. The van der Waals surface area contributed by atoms with E-state index in [0.717, 1.165) is 25.1 Å². The first-order valence-corrected chi connectivity index (χ1v) is 7.05. The number of hydrogen-bond donors (Lipinski definition) is 0. The van der Waals surface area contributed by atoms with Crippen molar-refractivity contribution < 1.29 is 4.79 Å². The molecule has 3 heteroatoms. The van der Waals surface area contributed by atoms with E-state index in [0.29, 0.717) is 12.3 Å². The molecule has 98 valence electrons. The zero-order chi connectivity index (χ0) is 13.2. The Bertz CT molecular complexity index is 442. The van der Waals surface area contributed by atoms with E-state index < -0.39 is 0 Å². The Balaban J connectivity index is 2.28. The average Bonchev–Trinajstić information content (AvgIpc) is 2.33. The van der Waals surface area contributed by atoms with Crippen LogP contribution in [0, 0.1) is 0 Å². The van der Waals surface area contributed by atoms with Gasteiger partial charge in [-0.05, 0) is 24.5 Å². The van der Waals surface area contributed by atoms with E-state index in [1.807, 2.05) is 17.0 Å². The van der Waals surface area contributed by atoms with Gasteiger partial charge in [0.15, 0.2) is 0 Å². The van der Waals surface area contributed by atoms with Gasteiger partial charge in [0.25, 0.3) is 0 Å². The van der Waals surface area contributed by atoms with Gasteiger partial charge in [-0.25, -0.2) is 0 Å². The van der Waals surface area contributed by atoms with Crippen molar-refractivity contribution in [1.29, 1.82) is 0 Å². The van der Waals surface area contributed by atoms with Gasteiger partial charge in [0.1, 0.15) is 0 Å². The number of nitrogens with zero attached hydrogens (tertiary/aromatic N) is 1. The summed E-state index contributed by atoms with van der Waals surface area (Å²) < 4.78 is 0. The number of para-hydroxylation sites is 1. The molecule has 0 bridgehead atoms. The number of benzene rings is 1. The largest absolute Gasteiger partial charge is 0.312 e. The Morgan fingerprint density at radius 3 is 2.72 bits per heavy atom. The smallest absolute Gasteiger partial charge is 0.227 e. The van der Waals surface area contributed by atoms with Crippen LogP contribution in [0.1, 0.15) is 38.7 Å². The molecule has 1 aliphatic heterocycles. The van der Waals surface area contributed by atoms with Crippen LogP contribution in [0.2, 0.25) is 0 Å². The molecule has 0 spiro atoms. The Morgan fingerprint density at radius 1 is 1.28 bits per heavy atom. The standard InChI is InChI=1S/C15H20ClNO/c1-15(2)11-14(18)17(10-6-5-9-16)13-8-4-3-7-12(13)15/h3-4,7-8H,5-6,9-11H2,1-2H3. The molecule has 0 saturated carbocycles. The van der Waals surface area contributed by atoms with Crippen LogP contribution in [-0.2, 0) is 10.2 Å². The van der Waals surface area contributed by atoms with Crippen molar-refractivity contribution in [2.45, 2.75) is 38.5 Å². The molecule has 0 atom stereocenters. The summed E-state index contributed by atoms with van der Waals surface area (Å²) in [4.78, 5) is 14.2. The molecular weight excluding hydrogens is 246 g/mol. The number of alkyl halides is 1. The average molecular weight is 266 g/mol. The van der Waals surface area contributed by atoms with Crippen LogP contribution in [0.5, 0.6) is 0 Å². The molecule has 1 aromatic carbocycles. The second-order valence-electron chi connectivity index (χ2n) is 5.52. The maximum Gasteiger partial charge on any atom is 0.227 e. The quantitative estimate of drug-likeness (QED) is 0.600. The third kappa shape index (κ3) is 2.54. The van der Waals surface area contributed by atoms with Crippen molar-refractivity contribution in [2.75, 3.05) is 17.3 Å². The van der Waals surface area contributed by atoms with Crippen molar-refractivity contribution in [1.82, 2.24) is 0 Å². The van der Waals surface area contributed by atoms with Crippen LogP contribution >= 0.6 is 11.6 Å².